The third-order valence-electron chi connectivity index (χ3n) is 4.72. The molecule has 132 valence electrons. The van der Waals surface area contributed by atoms with Crippen molar-refractivity contribution in [3.8, 4) is 0 Å². The minimum absolute atomic E-state index is 0.0251. The summed E-state index contributed by atoms with van der Waals surface area (Å²) in [4.78, 5) is 15.0. The van der Waals surface area contributed by atoms with E-state index in [0.717, 1.165) is 48.7 Å². The molecule has 0 bridgehead atoms. The highest BCUT2D eigenvalue weighted by Crippen LogP contribution is 2.23. The molecule has 1 fully saturated rings. The Labute approximate surface area is 155 Å². The number of piperidine rings is 1. The summed E-state index contributed by atoms with van der Waals surface area (Å²) in [5.74, 6) is 0.144. The van der Waals surface area contributed by atoms with Crippen LogP contribution in [0.4, 0.5) is 5.69 Å². The minimum Gasteiger partial charge on any atom is -0.326 e. The van der Waals surface area contributed by atoms with Crippen molar-refractivity contribution in [1.29, 1.82) is 0 Å². The molecule has 1 atom stereocenters. The first-order valence-corrected chi connectivity index (χ1v) is 9.24. The van der Waals surface area contributed by atoms with Gasteiger partial charge in [0.1, 0.15) is 0 Å². The second-order valence-electron chi connectivity index (χ2n) is 7.03. The minimum atomic E-state index is 0.0251. The highest BCUT2D eigenvalue weighted by Gasteiger charge is 2.26. The van der Waals surface area contributed by atoms with Gasteiger partial charge in [-0.3, -0.25) is 9.69 Å². The van der Waals surface area contributed by atoms with Crippen LogP contribution in [0.1, 0.15) is 29.5 Å². The first-order valence-electron chi connectivity index (χ1n) is 8.86. The maximum atomic E-state index is 12.7. The zero-order valence-electron chi connectivity index (χ0n) is 14.9. The second-order valence-corrected chi connectivity index (χ2v) is 7.44. The van der Waals surface area contributed by atoms with Gasteiger partial charge in [-0.1, -0.05) is 35.9 Å². The Morgan fingerprint density at radius 3 is 2.64 bits per heavy atom. The number of amides is 1. The number of hydrogen-bond acceptors (Lipinski definition) is 2. The van der Waals surface area contributed by atoms with Crippen molar-refractivity contribution >= 4 is 23.2 Å². The number of halogens is 1. The first-order chi connectivity index (χ1) is 12.0. The lowest BCUT2D eigenvalue weighted by atomic mass is 9.96. The molecular formula is C21H25ClN2O. The SMILES string of the molecule is Cc1cc(C)cc(NC(=O)C2CCCN(Cc3ccccc3Cl)C2)c1. The fraction of sp³-hybridized carbons (Fsp3) is 0.381. The average molecular weight is 357 g/mol. The number of nitrogens with one attached hydrogen (secondary N) is 1. The Kier molecular flexibility index (Phi) is 5.77. The molecule has 1 saturated heterocycles. The number of rotatable bonds is 4. The molecule has 4 heteroatoms. The number of carbonyl (C=O) groups is 1. The van der Waals surface area contributed by atoms with Crippen molar-refractivity contribution in [2.75, 3.05) is 18.4 Å². The maximum Gasteiger partial charge on any atom is 0.228 e. The Balaban J connectivity index is 1.62. The van der Waals surface area contributed by atoms with Gasteiger partial charge < -0.3 is 5.32 Å². The lowest BCUT2D eigenvalue weighted by Crippen LogP contribution is -2.40. The van der Waals surface area contributed by atoms with E-state index in [0.29, 0.717) is 0 Å². The van der Waals surface area contributed by atoms with Gasteiger partial charge in [-0.2, -0.15) is 0 Å². The lowest BCUT2D eigenvalue weighted by Gasteiger charge is -2.32. The average Bonchev–Trinajstić information content (AvgIpc) is 2.56. The Morgan fingerprint density at radius 1 is 1.20 bits per heavy atom. The van der Waals surface area contributed by atoms with Crippen LogP contribution in [0.25, 0.3) is 0 Å². The molecule has 0 radical (unpaired) electrons. The van der Waals surface area contributed by atoms with Crippen LogP contribution in [0.2, 0.25) is 5.02 Å². The quantitative estimate of drug-likeness (QED) is 0.852. The lowest BCUT2D eigenvalue weighted by molar-refractivity contribution is -0.121. The summed E-state index contributed by atoms with van der Waals surface area (Å²) in [6.07, 6.45) is 1.98. The topological polar surface area (TPSA) is 32.3 Å². The zero-order valence-corrected chi connectivity index (χ0v) is 15.6. The molecule has 3 nitrogen and oxygen atoms in total. The van der Waals surface area contributed by atoms with E-state index in [-0.39, 0.29) is 11.8 Å². The normalized spacial score (nSPS) is 18.1. The van der Waals surface area contributed by atoms with Crippen molar-refractivity contribution in [2.45, 2.75) is 33.2 Å². The van der Waals surface area contributed by atoms with Crippen LogP contribution >= 0.6 is 11.6 Å². The molecule has 1 aliphatic rings. The molecule has 0 aliphatic carbocycles. The summed E-state index contributed by atoms with van der Waals surface area (Å²) in [5.41, 5.74) is 4.35. The van der Waals surface area contributed by atoms with Crippen molar-refractivity contribution in [3.63, 3.8) is 0 Å². The molecule has 2 aromatic rings. The summed E-state index contributed by atoms with van der Waals surface area (Å²) < 4.78 is 0. The monoisotopic (exact) mass is 356 g/mol. The van der Waals surface area contributed by atoms with Gasteiger partial charge in [0.2, 0.25) is 5.91 Å². The predicted octanol–water partition coefficient (Wildman–Crippen LogP) is 4.81. The van der Waals surface area contributed by atoms with Crippen LogP contribution in [0.5, 0.6) is 0 Å². The van der Waals surface area contributed by atoms with E-state index in [1.54, 1.807) is 0 Å². The van der Waals surface area contributed by atoms with Crippen LogP contribution in [-0.4, -0.2) is 23.9 Å². The van der Waals surface area contributed by atoms with Crippen molar-refractivity contribution in [1.82, 2.24) is 4.90 Å². The summed E-state index contributed by atoms with van der Waals surface area (Å²) in [5, 5.41) is 3.89. The van der Waals surface area contributed by atoms with Gasteiger partial charge in [0.25, 0.3) is 0 Å². The number of hydrogen-bond donors (Lipinski definition) is 1. The van der Waals surface area contributed by atoms with E-state index >= 15 is 0 Å². The second kappa shape index (κ2) is 8.03. The number of aryl methyl sites for hydroxylation is 2. The van der Waals surface area contributed by atoms with Crippen molar-refractivity contribution in [2.24, 2.45) is 5.92 Å². The third kappa shape index (κ3) is 4.83. The van der Waals surface area contributed by atoms with E-state index in [9.17, 15) is 4.79 Å². The molecule has 1 N–H and O–H groups in total. The fourth-order valence-electron chi connectivity index (χ4n) is 3.57. The molecule has 1 aliphatic heterocycles. The number of nitrogens with zero attached hydrogens (tertiary/aromatic N) is 1. The molecule has 1 unspecified atom stereocenters. The van der Waals surface area contributed by atoms with Crippen molar-refractivity contribution in [3.05, 3.63) is 64.2 Å². The zero-order chi connectivity index (χ0) is 17.8. The summed E-state index contributed by atoms with van der Waals surface area (Å²) in [7, 11) is 0. The number of benzene rings is 2. The first kappa shape index (κ1) is 18.0. The van der Waals surface area contributed by atoms with Gasteiger partial charge in [-0.05, 0) is 68.1 Å². The molecule has 1 heterocycles. The van der Waals surface area contributed by atoms with Gasteiger partial charge >= 0.3 is 0 Å². The Hall–Kier alpha value is -1.84. The third-order valence-corrected chi connectivity index (χ3v) is 5.09. The Bertz CT molecular complexity index is 739. The molecule has 3 rings (SSSR count). The molecule has 2 aromatic carbocycles. The van der Waals surface area contributed by atoms with Crippen LogP contribution in [0.15, 0.2) is 42.5 Å². The van der Waals surface area contributed by atoms with E-state index in [2.05, 4.69) is 36.2 Å². The van der Waals surface area contributed by atoms with Crippen molar-refractivity contribution < 1.29 is 4.79 Å². The smallest absolute Gasteiger partial charge is 0.228 e. The van der Waals surface area contributed by atoms with Crippen LogP contribution < -0.4 is 5.32 Å². The maximum absolute atomic E-state index is 12.7. The molecule has 0 saturated carbocycles. The van der Waals surface area contributed by atoms with Gasteiger partial charge in [0.15, 0.2) is 0 Å². The van der Waals surface area contributed by atoms with Crippen LogP contribution in [-0.2, 0) is 11.3 Å². The fourth-order valence-corrected chi connectivity index (χ4v) is 3.77. The number of carbonyl (C=O) groups excluding carboxylic acids is 1. The standard InChI is InChI=1S/C21H25ClN2O/c1-15-10-16(2)12-19(11-15)23-21(25)18-7-5-9-24(14-18)13-17-6-3-4-8-20(17)22/h3-4,6,8,10-12,18H,5,7,9,13-14H2,1-2H3,(H,23,25). The highest BCUT2D eigenvalue weighted by molar-refractivity contribution is 6.31. The van der Waals surface area contributed by atoms with Gasteiger partial charge in [0.05, 0.1) is 5.92 Å². The summed E-state index contributed by atoms with van der Waals surface area (Å²) in [6, 6.07) is 14.1. The largest absolute Gasteiger partial charge is 0.326 e. The van der Waals surface area contributed by atoms with Gasteiger partial charge in [-0.15, -0.1) is 0 Å². The summed E-state index contributed by atoms with van der Waals surface area (Å²) >= 11 is 6.27. The van der Waals surface area contributed by atoms with Gasteiger partial charge in [-0.25, -0.2) is 0 Å². The molecular weight excluding hydrogens is 332 g/mol. The van der Waals surface area contributed by atoms with Crippen LogP contribution in [0, 0.1) is 19.8 Å². The molecule has 0 spiro atoms. The van der Waals surface area contributed by atoms with E-state index in [1.807, 2.05) is 30.3 Å². The van der Waals surface area contributed by atoms with Gasteiger partial charge in [0, 0.05) is 23.8 Å². The molecule has 1 amide bonds. The van der Waals surface area contributed by atoms with E-state index < -0.39 is 0 Å². The van der Waals surface area contributed by atoms with E-state index in [4.69, 9.17) is 11.6 Å². The molecule has 25 heavy (non-hydrogen) atoms. The number of likely N-dealkylation sites (tertiary alicyclic amines) is 1. The number of anilines is 1. The highest BCUT2D eigenvalue weighted by atomic mass is 35.5. The predicted molar refractivity (Wildman–Crippen MR) is 104 cm³/mol. The van der Waals surface area contributed by atoms with Crippen LogP contribution in [0.3, 0.4) is 0 Å². The molecule has 0 aromatic heterocycles. The Morgan fingerprint density at radius 2 is 1.92 bits per heavy atom. The summed E-state index contributed by atoms with van der Waals surface area (Å²) in [6.45, 7) is 6.69. The van der Waals surface area contributed by atoms with E-state index in [1.165, 1.54) is 11.1 Å².